The van der Waals surface area contributed by atoms with Gasteiger partial charge in [0.05, 0.1) is 23.3 Å². The Bertz CT molecular complexity index is 1200. The fraction of sp³-hybridized carbons (Fsp3) is 0.435. The van der Waals surface area contributed by atoms with Gasteiger partial charge in [-0.1, -0.05) is 23.2 Å². The third-order valence-corrected chi connectivity index (χ3v) is 8.55. The Balaban J connectivity index is 0.00000342. The van der Waals surface area contributed by atoms with Crippen LogP contribution in [0.1, 0.15) is 18.4 Å². The minimum absolute atomic E-state index is 0. The van der Waals surface area contributed by atoms with Gasteiger partial charge in [-0.3, -0.25) is 0 Å². The third-order valence-electron chi connectivity index (χ3n) is 6.04. The number of sulfonamides is 1. The molecule has 2 aromatic rings. The van der Waals surface area contributed by atoms with Crippen molar-refractivity contribution in [1.82, 2.24) is 9.62 Å². The molecule has 0 radical (unpaired) electrons. The molecule has 0 amide bonds. The fourth-order valence-electron chi connectivity index (χ4n) is 4.17. The number of hydrogen-bond donors (Lipinski definition) is 1. The summed E-state index contributed by atoms with van der Waals surface area (Å²) in [7, 11) is -3.82. The first-order chi connectivity index (χ1) is 16.2. The van der Waals surface area contributed by atoms with Crippen LogP contribution in [0.2, 0.25) is 10.0 Å². The molecule has 0 spiro atoms. The van der Waals surface area contributed by atoms with Crippen LogP contribution >= 0.6 is 35.6 Å². The highest BCUT2D eigenvalue weighted by atomic mass is 35.5. The maximum Gasteiger partial charge on any atom is 0.244 e. The number of halogens is 4. The van der Waals surface area contributed by atoms with E-state index in [0.29, 0.717) is 18.1 Å². The molecule has 190 valence electrons. The second-order valence-electron chi connectivity index (χ2n) is 8.66. The molecular formula is C23H25Cl3FN3O4S. The molecule has 2 fully saturated rings. The van der Waals surface area contributed by atoms with Crippen molar-refractivity contribution in [2.75, 3.05) is 39.4 Å². The van der Waals surface area contributed by atoms with Crippen LogP contribution in [0.3, 0.4) is 0 Å². The summed E-state index contributed by atoms with van der Waals surface area (Å²) < 4.78 is 53.1. The van der Waals surface area contributed by atoms with E-state index >= 15 is 0 Å². The van der Waals surface area contributed by atoms with Crippen LogP contribution in [0.15, 0.2) is 41.3 Å². The van der Waals surface area contributed by atoms with Gasteiger partial charge in [0.1, 0.15) is 22.5 Å². The molecule has 2 aliphatic rings. The molecule has 12 heteroatoms. The Labute approximate surface area is 220 Å². The second-order valence-corrected chi connectivity index (χ2v) is 11.4. The van der Waals surface area contributed by atoms with E-state index in [9.17, 15) is 12.8 Å². The topological polar surface area (TPSA) is 91.7 Å². The highest BCUT2D eigenvalue weighted by Gasteiger charge is 2.49. The summed E-state index contributed by atoms with van der Waals surface area (Å²) in [6, 6.07) is 10.1. The minimum Gasteiger partial charge on any atom is -0.493 e. The average Bonchev–Trinajstić information content (AvgIpc) is 3.28. The molecular weight excluding hydrogens is 540 g/mol. The Morgan fingerprint density at radius 3 is 2.66 bits per heavy atom. The van der Waals surface area contributed by atoms with Gasteiger partial charge in [0.2, 0.25) is 10.0 Å². The van der Waals surface area contributed by atoms with Crippen molar-refractivity contribution in [3.05, 3.63) is 57.8 Å². The zero-order chi connectivity index (χ0) is 24.3. The molecule has 35 heavy (non-hydrogen) atoms. The van der Waals surface area contributed by atoms with Crippen molar-refractivity contribution < 1.29 is 22.3 Å². The third kappa shape index (κ3) is 6.38. The van der Waals surface area contributed by atoms with Gasteiger partial charge in [-0.15, -0.1) is 12.4 Å². The van der Waals surface area contributed by atoms with Crippen LogP contribution in [0, 0.1) is 22.6 Å². The SMILES string of the molecule is Cl.N#Cc1ccc(OCC2(CNCC3CCCO3)CN(S(=O)(=O)c3ccc(Cl)cc3Cl)C2)cc1F. The van der Waals surface area contributed by atoms with E-state index in [2.05, 4.69) is 5.32 Å². The van der Waals surface area contributed by atoms with Crippen molar-refractivity contribution in [3.63, 3.8) is 0 Å². The zero-order valence-electron chi connectivity index (χ0n) is 18.7. The summed E-state index contributed by atoms with van der Waals surface area (Å²) in [5.41, 5.74) is -0.601. The molecule has 2 aliphatic heterocycles. The van der Waals surface area contributed by atoms with Crippen LogP contribution in [0.25, 0.3) is 0 Å². The molecule has 2 saturated heterocycles. The van der Waals surface area contributed by atoms with Crippen LogP contribution in [0.5, 0.6) is 5.75 Å². The van der Waals surface area contributed by atoms with E-state index in [4.69, 9.17) is 37.9 Å². The van der Waals surface area contributed by atoms with Crippen molar-refractivity contribution in [2.45, 2.75) is 23.8 Å². The number of rotatable bonds is 9. The Hall–Kier alpha value is -1.64. The Kier molecular flexibility index (Phi) is 9.27. The predicted octanol–water partition coefficient (Wildman–Crippen LogP) is 4.26. The van der Waals surface area contributed by atoms with Crippen molar-refractivity contribution in [2.24, 2.45) is 5.41 Å². The fourth-order valence-corrected chi connectivity index (χ4v) is 6.58. The van der Waals surface area contributed by atoms with Crippen LogP contribution in [-0.2, 0) is 14.8 Å². The molecule has 1 unspecified atom stereocenters. The van der Waals surface area contributed by atoms with Crippen LogP contribution < -0.4 is 10.1 Å². The van der Waals surface area contributed by atoms with Gasteiger partial charge in [-0.25, -0.2) is 12.8 Å². The number of ether oxygens (including phenoxy) is 2. The summed E-state index contributed by atoms with van der Waals surface area (Å²) in [5.74, 6) is -0.391. The van der Waals surface area contributed by atoms with Gasteiger partial charge >= 0.3 is 0 Å². The van der Waals surface area contributed by atoms with E-state index in [1.807, 2.05) is 0 Å². The largest absolute Gasteiger partial charge is 0.493 e. The zero-order valence-corrected chi connectivity index (χ0v) is 21.8. The molecule has 0 bridgehead atoms. The lowest BCUT2D eigenvalue weighted by Gasteiger charge is -2.49. The standard InChI is InChI=1S/C23H24Cl2FN3O4S.ClH/c24-17-4-6-22(20(25)8-17)34(30,31)29-13-23(14-29,12-28-11-19-2-1-7-32-19)15-33-18-5-3-16(10-27)21(26)9-18;/h3-6,8-9,19,28H,1-2,7,11-15H2;1H. The van der Waals surface area contributed by atoms with E-state index in [1.54, 1.807) is 6.07 Å². The lowest BCUT2D eigenvalue weighted by Crippen LogP contribution is -2.64. The normalized spacial score (nSPS) is 19.4. The average molecular weight is 565 g/mol. The highest BCUT2D eigenvalue weighted by Crippen LogP contribution is 2.37. The molecule has 0 aliphatic carbocycles. The van der Waals surface area contributed by atoms with Crippen LogP contribution in [-0.4, -0.2) is 58.2 Å². The molecule has 2 heterocycles. The smallest absolute Gasteiger partial charge is 0.244 e. The van der Waals surface area contributed by atoms with Crippen molar-refractivity contribution in [3.8, 4) is 11.8 Å². The van der Waals surface area contributed by atoms with Crippen LogP contribution in [0.4, 0.5) is 4.39 Å². The number of nitriles is 1. The summed E-state index contributed by atoms with van der Waals surface area (Å²) in [6.45, 7) is 2.46. The molecule has 1 atom stereocenters. The van der Waals surface area contributed by atoms with Gasteiger partial charge in [-0.05, 0) is 43.2 Å². The first kappa shape index (κ1) is 27.9. The number of nitrogens with one attached hydrogen (secondary N) is 1. The van der Waals surface area contributed by atoms with Crippen molar-refractivity contribution >= 4 is 45.6 Å². The van der Waals surface area contributed by atoms with Gasteiger partial charge in [0.15, 0.2) is 0 Å². The van der Waals surface area contributed by atoms with E-state index < -0.39 is 21.3 Å². The van der Waals surface area contributed by atoms with Gasteiger partial charge < -0.3 is 14.8 Å². The van der Waals surface area contributed by atoms with E-state index in [0.717, 1.165) is 25.5 Å². The molecule has 0 aromatic heterocycles. The lowest BCUT2D eigenvalue weighted by molar-refractivity contribution is 0.0156. The molecule has 1 N–H and O–H groups in total. The molecule has 4 rings (SSSR count). The molecule has 0 saturated carbocycles. The quantitative estimate of drug-likeness (QED) is 0.489. The lowest BCUT2D eigenvalue weighted by atomic mass is 9.82. The van der Waals surface area contributed by atoms with Gasteiger partial charge in [0.25, 0.3) is 0 Å². The van der Waals surface area contributed by atoms with Gasteiger partial charge in [-0.2, -0.15) is 9.57 Å². The molecule has 2 aromatic carbocycles. The second kappa shape index (κ2) is 11.6. The maximum atomic E-state index is 14.0. The number of hydrogen-bond acceptors (Lipinski definition) is 6. The monoisotopic (exact) mass is 563 g/mol. The summed E-state index contributed by atoms with van der Waals surface area (Å²) in [5, 5.41) is 12.7. The van der Waals surface area contributed by atoms with Gasteiger partial charge in [0, 0.05) is 49.3 Å². The van der Waals surface area contributed by atoms with E-state index in [-0.39, 0.29) is 59.4 Å². The first-order valence-corrected chi connectivity index (χ1v) is 13.0. The summed E-state index contributed by atoms with van der Waals surface area (Å²) in [4.78, 5) is -0.00503. The van der Waals surface area contributed by atoms with Crippen molar-refractivity contribution in [1.29, 1.82) is 5.26 Å². The molecule has 7 nitrogen and oxygen atoms in total. The Morgan fingerprint density at radius 2 is 2.03 bits per heavy atom. The minimum atomic E-state index is -3.82. The predicted molar refractivity (Wildman–Crippen MR) is 133 cm³/mol. The highest BCUT2D eigenvalue weighted by molar-refractivity contribution is 7.89. The summed E-state index contributed by atoms with van der Waals surface area (Å²) >= 11 is 12.1. The number of benzene rings is 2. The Morgan fingerprint density at radius 1 is 1.26 bits per heavy atom. The number of nitrogens with zero attached hydrogens (tertiary/aromatic N) is 2. The van der Waals surface area contributed by atoms with E-state index in [1.165, 1.54) is 34.6 Å². The maximum absolute atomic E-state index is 14.0. The summed E-state index contributed by atoms with van der Waals surface area (Å²) in [6.07, 6.45) is 2.15. The first-order valence-electron chi connectivity index (χ1n) is 10.8.